The van der Waals surface area contributed by atoms with E-state index in [1.807, 2.05) is 36.4 Å². The van der Waals surface area contributed by atoms with E-state index in [1.165, 1.54) is 23.1 Å². The molecule has 27 heavy (non-hydrogen) atoms. The fourth-order valence-corrected chi connectivity index (χ4v) is 4.76. The summed E-state index contributed by atoms with van der Waals surface area (Å²) >= 11 is 7.94. The summed E-state index contributed by atoms with van der Waals surface area (Å²) in [5, 5.41) is 5.18. The highest BCUT2D eigenvalue weighted by atomic mass is 32.2. The van der Waals surface area contributed by atoms with Gasteiger partial charge >= 0.3 is 5.63 Å². The van der Waals surface area contributed by atoms with Crippen LogP contribution in [0.15, 0.2) is 74.2 Å². The zero-order chi connectivity index (χ0) is 18.8. The topological polar surface area (TPSA) is 65.1 Å². The van der Waals surface area contributed by atoms with Gasteiger partial charge in [-0.2, -0.15) is 0 Å². The highest BCUT2D eigenvalue weighted by molar-refractivity contribution is 8.01. The van der Waals surface area contributed by atoms with Crippen molar-refractivity contribution in [2.75, 3.05) is 5.75 Å². The molecule has 0 radical (unpaired) electrons. The van der Waals surface area contributed by atoms with Crippen LogP contribution >= 0.6 is 35.3 Å². The zero-order valence-corrected chi connectivity index (χ0v) is 16.3. The molecule has 0 atom stereocenters. The standard InChI is InChI=1S/C19H12N2O3S3/c22-15(14-10-12-6-4-5-9-16(12)24-17(14)23)11-26-18-20-21(19(25)27-18)13-7-2-1-3-8-13/h1-10H,11H2. The molecule has 0 saturated carbocycles. The minimum atomic E-state index is -0.623. The van der Waals surface area contributed by atoms with Gasteiger partial charge in [-0.25, -0.2) is 9.48 Å². The number of benzene rings is 2. The van der Waals surface area contributed by atoms with Gasteiger partial charge in [0.15, 0.2) is 14.1 Å². The van der Waals surface area contributed by atoms with Crippen LogP contribution in [0.1, 0.15) is 10.4 Å². The molecule has 0 aliphatic rings. The number of carbonyl (C=O) groups is 1. The number of ketones is 1. The van der Waals surface area contributed by atoms with E-state index in [-0.39, 0.29) is 17.1 Å². The molecule has 2 heterocycles. The lowest BCUT2D eigenvalue weighted by Crippen LogP contribution is -2.15. The molecule has 0 saturated heterocycles. The second-order valence-electron chi connectivity index (χ2n) is 5.58. The van der Waals surface area contributed by atoms with Crippen molar-refractivity contribution in [2.45, 2.75) is 4.34 Å². The molecule has 0 N–H and O–H groups in total. The normalized spacial score (nSPS) is 11.0. The first-order chi connectivity index (χ1) is 13.1. The molecule has 5 nitrogen and oxygen atoms in total. The number of nitrogens with zero attached hydrogens (tertiary/aromatic N) is 2. The van der Waals surface area contributed by atoms with Crippen LogP contribution in [0.25, 0.3) is 16.7 Å². The van der Waals surface area contributed by atoms with Crippen LogP contribution < -0.4 is 5.63 Å². The molecule has 4 aromatic rings. The van der Waals surface area contributed by atoms with Crippen LogP contribution in [0, 0.1) is 3.95 Å². The maximum atomic E-state index is 12.5. The average molecular weight is 413 g/mol. The number of fused-ring (bicyclic) bond motifs is 1. The number of hydrogen-bond acceptors (Lipinski definition) is 7. The summed E-state index contributed by atoms with van der Waals surface area (Å²) in [5.74, 6) is -0.216. The maximum absolute atomic E-state index is 12.5. The number of carbonyl (C=O) groups excluding carboxylic acids is 1. The zero-order valence-electron chi connectivity index (χ0n) is 13.8. The predicted octanol–water partition coefficient (Wildman–Crippen LogP) is 4.74. The quantitative estimate of drug-likeness (QED) is 0.204. The lowest BCUT2D eigenvalue weighted by atomic mass is 10.1. The number of hydrogen-bond donors (Lipinski definition) is 0. The molecular weight excluding hydrogens is 400 g/mol. The highest BCUT2D eigenvalue weighted by Gasteiger charge is 2.15. The SMILES string of the molecule is O=C(CSc1nn(-c2ccccc2)c(=S)s1)c1cc2ccccc2oc1=O. The van der Waals surface area contributed by atoms with Crippen molar-refractivity contribution in [3.63, 3.8) is 0 Å². The summed E-state index contributed by atoms with van der Waals surface area (Å²) in [6.45, 7) is 0. The van der Waals surface area contributed by atoms with E-state index < -0.39 is 5.63 Å². The van der Waals surface area contributed by atoms with Gasteiger partial charge in [-0.1, -0.05) is 59.5 Å². The first kappa shape index (κ1) is 17.8. The number of thioether (sulfide) groups is 1. The van der Waals surface area contributed by atoms with Gasteiger partial charge in [-0.05, 0) is 36.5 Å². The lowest BCUT2D eigenvalue weighted by molar-refractivity contribution is 0.101. The second kappa shape index (κ2) is 7.59. The molecule has 0 spiro atoms. The van der Waals surface area contributed by atoms with Crippen LogP contribution in [0.3, 0.4) is 0 Å². The second-order valence-corrected chi connectivity index (χ2v) is 8.42. The lowest BCUT2D eigenvalue weighted by Gasteiger charge is -2.01. The van der Waals surface area contributed by atoms with Crippen molar-refractivity contribution in [3.05, 3.63) is 80.6 Å². The Morgan fingerprint density at radius 2 is 1.89 bits per heavy atom. The van der Waals surface area contributed by atoms with Crippen molar-refractivity contribution in [1.82, 2.24) is 9.78 Å². The molecule has 4 rings (SSSR count). The van der Waals surface area contributed by atoms with Gasteiger partial charge in [0, 0.05) is 5.39 Å². The Balaban J connectivity index is 1.54. The molecule has 0 amide bonds. The fourth-order valence-electron chi connectivity index (χ4n) is 2.51. The van der Waals surface area contributed by atoms with E-state index >= 15 is 0 Å². The third-order valence-electron chi connectivity index (χ3n) is 3.80. The minimum absolute atomic E-state index is 0.0484. The first-order valence-electron chi connectivity index (χ1n) is 7.96. The Bertz CT molecular complexity index is 1240. The number of para-hydroxylation sites is 2. The average Bonchev–Trinajstić information content (AvgIpc) is 3.07. The van der Waals surface area contributed by atoms with Crippen LogP contribution in [-0.4, -0.2) is 21.3 Å². The Labute approximate surface area is 167 Å². The smallest absolute Gasteiger partial charge is 0.347 e. The molecule has 134 valence electrons. The van der Waals surface area contributed by atoms with Gasteiger partial charge in [0.05, 0.1) is 11.4 Å². The van der Waals surface area contributed by atoms with E-state index in [2.05, 4.69) is 5.10 Å². The van der Waals surface area contributed by atoms with Gasteiger partial charge in [0.2, 0.25) is 0 Å². The maximum Gasteiger partial charge on any atom is 0.347 e. The Hall–Kier alpha value is -2.55. The van der Waals surface area contributed by atoms with Crippen molar-refractivity contribution >= 4 is 52.1 Å². The molecular formula is C19H12N2O3S3. The molecule has 2 aromatic carbocycles. The van der Waals surface area contributed by atoms with Crippen molar-refractivity contribution in [3.8, 4) is 5.69 Å². The van der Waals surface area contributed by atoms with Crippen molar-refractivity contribution in [2.24, 2.45) is 0 Å². The van der Waals surface area contributed by atoms with E-state index in [9.17, 15) is 9.59 Å². The van der Waals surface area contributed by atoms with E-state index in [0.717, 1.165) is 11.1 Å². The van der Waals surface area contributed by atoms with E-state index in [0.29, 0.717) is 13.9 Å². The Morgan fingerprint density at radius 3 is 2.70 bits per heavy atom. The molecule has 0 bridgehead atoms. The van der Waals surface area contributed by atoms with Crippen LogP contribution in [-0.2, 0) is 0 Å². The van der Waals surface area contributed by atoms with Gasteiger partial charge in [0.1, 0.15) is 11.1 Å². The summed E-state index contributed by atoms with van der Waals surface area (Å²) in [6.07, 6.45) is 0. The van der Waals surface area contributed by atoms with Gasteiger partial charge in [0.25, 0.3) is 0 Å². The summed E-state index contributed by atoms with van der Waals surface area (Å²) in [6, 6.07) is 18.2. The third kappa shape index (κ3) is 3.78. The molecule has 0 aliphatic carbocycles. The van der Waals surface area contributed by atoms with Crippen LogP contribution in [0.2, 0.25) is 0 Å². The monoisotopic (exact) mass is 412 g/mol. The number of Topliss-reactive ketones (excluding diaryl/α,β-unsaturated/α-hetero) is 1. The Morgan fingerprint density at radius 1 is 1.15 bits per heavy atom. The van der Waals surface area contributed by atoms with E-state index in [1.54, 1.807) is 28.9 Å². The number of rotatable bonds is 5. The molecule has 0 fully saturated rings. The van der Waals surface area contributed by atoms with Crippen molar-refractivity contribution in [1.29, 1.82) is 0 Å². The van der Waals surface area contributed by atoms with Crippen molar-refractivity contribution < 1.29 is 9.21 Å². The summed E-state index contributed by atoms with van der Waals surface area (Å²) < 4.78 is 8.16. The van der Waals surface area contributed by atoms with Gasteiger partial charge in [-0.15, -0.1) is 5.10 Å². The molecule has 0 aliphatic heterocycles. The minimum Gasteiger partial charge on any atom is -0.422 e. The predicted molar refractivity (Wildman–Crippen MR) is 110 cm³/mol. The van der Waals surface area contributed by atoms with Crippen LogP contribution in [0.5, 0.6) is 0 Å². The van der Waals surface area contributed by atoms with Crippen LogP contribution in [0.4, 0.5) is 0 Å². The third-order valence-corrected chi connectivity index (χ3v) is 6.16. The van der Waals surface area contributed by atoms with Gasteiger partial charge < -0.3 is 4.42 Å². The Kier molecular flexibility index (Phi) is 5.02. The molecule has 2 aromatic heterocycles. The summed E-state index contributed by atoms with van der Waals surface area (Å²) in [7, 11) is 0. The summed E-state index contributed by atoms with van der Waals surface area (Å²) in [5.41, 5.74) is 0.757. The largest absolute Gasteiger partial charge is 0.422 e. The first-order valence-corrected chi connectivity index (χ1v) is 10.2. The number of aromatic nitrogens is 2. The van der Waals surface area contributed by atoms with Gasteiger partial charge in [-0.3, -0.25) is 4.79 Å². The molecule has 8 heteroatoms. The molecule has 0 unspecified atom stereocenters. The fraction of sp³-hybridized carbons (Fsp3) is 0.0526. The van der Waals surface area contributed by atoms with E-state index in [4.69, 9.17) is 16.6 Å². The highest BCUT2D eigenvalue weighted by Crippen LogP contribution is 2.25. The summed E-state index contributed by atoms with van der Waals surface area (Å²) in [4.78, 5) is 24.6.